The van der Waals surface area contributed by atoms with Crippen LogP contribution < -0.4 is 14.8 Å². The van der Waals surface area contributed by atoms with E-state index in [2.05, 4.69) is 21.4 Å². The average Bonchev–Trinajstić information content (AvgIpc) is 3.16. The van der Waals surface area contributed by atoms with Crippen molar-refractivity contribution in [3.8, 4) is 22.6 Å². The fourth-order valence-electron chi connectivity index (χ4n) is 3.28. The molecular formula is C23H21N3O3. The number of carbonyl (C=O) groups excluding carboxylic acids is 1. The Labute approximate surface area is 168 Å². The van der Waals surface area contributed by atoms with Gasteiger partial charge in [0.15, 0.2) is 11.5 Å². The van der Waals surface area contributed by atoms with E-state index in [9.17, 15) is 4.79 Å². The number of methoxy groups -OCH3 is 2. The number of aromatic nitrogens is 2. The van der Waals surface area contributed by atoms with Gasteiger partial charge >= 0.3 is 0 Å². The summed E-state index contributed by atoms with van der Waals surface area (Å²) in [5.74, 6) is 1.05. The number of hydrogen-bond acceptors (Lipinski definition) is 4. The van der Waals surface area contributed by atoms with E-state index in [0.717, 1.165) is 27.7 Å². The molecule has 0 bridgehead atoms. The molecule has 0 aliphatic carbocycles. The summed E-state index contributed by atoms with van der Waals surface area (Å²) in [5, 5.41) is 3.85. The van der Waals surface area contributed by atoms with Crippen molar-refractivity contribution in [2.75, 3.05) is 19.5 Å². The van der Waals surface area contributed by atoms with Crippen LogP contribution in [-0.4, -0.2) is 30.1 Å². The van der Waals surface area contributed by atoms with Crippen LogP contribution in [0.25, 0.3) is 22.2 Å². The number of nitrogens with one attached hydrogen (secondary N) is 2. The maximum Gasteiger partial charge on any atom is 0.228 e. The number of benzene rings is 2. The molecule has 0 atom stereocenters. The molecule has 146 valence electrons. The molecule has 2 aromatic carbocycles. The van der Waals surface area contributed by atoms with E-state index >= 15 is 0 Å². The van der Waals surface area contributed by atoms with E-state index in [4.69, 9.17) is 9.47 Å². The average molecular weight is 387 g/mol. The maximum atomic E-state index is 12.6. The van der Waals surface area contributed by atoms with Gasteiger partial charge in [-0.15, -0.1) is 0 Å². The van der Waals surface area contributed by atoms with Gasteiger partial charge in [0.05, 0.1) is 20.6 Å². The predicted octanol–water partition coefficient (Wildman–Crippen LogP) is 4.43. The predicted molar refractivity (Wildman–Crippen MR) is 113 cm³/mol. The molecule has 2 aromatic heterocycles. The standard InChI is InChI=1S/C23H21N3O3/c1-28-20-9-8-18(12-21(20)29-2)26-22(27)11-17-14-25-23-19(17)10-16(13-24-23)15-6-4-3-5-7-15/h3-10,12-14H,11H2,1-2H3,(H,24,25)(H,26,27). The van der Waals surface area contributed by atoms with Crippen LogP contribution in [0.2, 0.25) is 0 Å². The smallest absolute Gasteiger partial charge is 0.228 e. The van der Waals surface area contributed by atoms with Crippen LogP contribution in [0.4, 0.5) is 5.69 Å². The first-order valence-electron chi connectivity index (χ1n) is 9.21. The molecule has 1 amide bonds. The molecule has 0 fully saturated rings. The van der Waals surface area contributed by atoms with Crippen LogP contribution >= 0.6 is 0 Å². The van der Waals surface area contributed by atoms with E-state index < -0.39 is 0 Å². The first kappa shape index (κ1) is 18.6. The maximum absolute atomic E-state index is 12.6. The number of hydrogen-bond donors (Lipinski definition) is 2. The Hall–Kier alpha value is -3.80. The van der Waals surface area contributed by atoms with Gasteiger partial charge < -0.3 is 19.8 Å². The molecule has 0 radical (unpaired) electrons. The van der Waals surface area contributed by atoms with Gasteiger partial charge in [-0.05, 0) is 29.3 Å². The third-order valence-corrected chi connectivity index (χ3v) is 4.74. The normalized spacial score (nSPS) is 10.7. The summed E-state index contributed by atoms with van der Waals surface area (Å²) in [6.07, 6.45) is 3.90. The fraction of sp³-hybridized carbons (Fsp3) is 0.130. The highest BCUT2D eigenvalue weighted by Crippen LogP contribution is 2.30. The summed E-state index contributed by atoms with van der Waals surface area (Å²) in [6, 6.07) is 17.4. The van der Waals surface area contributed by atoms with E-state index in [1.165, 1.54) is 0 Å². The number of fused-ring (bicyclic) bond motifs is 1. The minimum Gasteiger partial charge on any atom is -0.493 e. The lowest BCUT2D eigenvalue weighted by Crippen LogP contribution is -2.14. The number of pyridine rings is 1. The Kier molecular flexibility index (Phi) is 5.16. The van der Waals surface area contributed by atoms with Crippen molar-refractivity contribution < 1.29 is 14.3 Å². The van der Waals surface area contributed by atoms with Gasteiger partial charge in [0, 0.05) is 35.1 Å². The Morgan fingerprint density at radius 2 is 1.79 bits per heavy atom. The van der Waals surface area contributed by atoms with Gasteiger partial charge in [0.2, 0.25) is 5.91 Å². The van der Waals surface area contributed by atoms with Crippen LogP contribution in [0.1, 0.15) is 5.56 Å². The van der Waals surface area contributed by atoms with Crippen LogP contribution in [0, 0.1) is 0 Å². The Morgan fingerprint density at radius 3 is 2.55 bits per heavy atom. The van der Waals surface area contributed by atoms with Crippen molar-refractivity contribution in [1.82, 2.24) is 9.97 Å². The number of carbonyl (C=O) groups is 1. The quantitative estimate of drug-likeness (QED) is 0.513. The van der Waals surface area contributed by atoms with Crippen LogP contribution in [0.3, 0.4) is 0 Å². The second kappa shape index (κ2) is 8.06. The number of ether oxygens (including phenoxy) is 2. The van der Waals surface area contributed by atoms with Gasteiger partial charge in [-0.2, -0.15) is 0 Å². The molecule has 0 spiro atoms. The Bertz CT molecular complexity index is 1150. The molecule has 2 N–H and O–H groups in total. The third kappa shape index (κ3) is 3.91. The van der Waals surface area contributed by atoms with Crippen molar-refractivity contribution in [2.45, 2.75) is 6.42 Å². The second-order valence-corrected chi connectivity index (χ2v) is 6.59. The summed E-state index contributed by atoms with van der Waals surface area (Å²) < 4.78 is 10.5. The zero-order valence-corrected chi connectivity index (χ0v) is 16.2. The second-order valence-electron chi connectivity index (χ2n) is 6.59. The first-order valence-corrected chi connectivity index (χ1v) is 9.21. The summed E-state index contributed by atoms with van der Waals surface area (Å²) in [6.45, 7) is 0. The van der Waals surface area contributed by atoms with Gasteiger partial charge in [-0.1, -0.05) is 30.3 Å². The van der Waals surface area contributed by atoms with Crippen LogP contribution in [-0.2, 0) is 11.2 Å². The fourth-order valence-corrected chi connectivity index (χ4v) is 3.28. The van der Waals surface area contributed by atoms with E-state index in [0.29, 0.717) is 17.2 Å². The highest BCUT2D eigenvalue weighted by molar-refractivity contribution is 5.96. The molecule has 6 nitrogen and oxygen atoms in total. The number of anilines is 1. The summed E-state index contributed by atoms with van der Waals surface area (Å²) in [5.41, 5.74) is 4.40. The molecule has 0 saturated heterocycles. The lowest BCUT2D eigenvalue weighted by Gasteiger charge is -2.10. The van der Waals surface area contributed by atoms with Crippen molar-refractivity contribution in [1.29, 1.82) is 0 Å². The Morgan fingerprint density at radius 1 is 1.00 bits per heavy atom. The number of aromatic amines is 1. The molecule has 4 rings (SSSR count). The number of nitrogens with zero attached hydrogens (tertiary/aromatic N) is 1. The topological polar surface area (TPSA) is 76.2 Å². The molecule has 0 aliphatic heterocycles. The van der Waals surface area contributed by atoms with Gasteiger partial charge in [-0.3, -0.25) is 4.79 Å². The lowest BCUT2D eigenvalue weighted by atomic mass is 10.0. The van der Waals surface area contributed by atoms with Gasteiger partial charge in [0.25, 0.3) is 0 Å². The van der Waals surface area contributed by atoms with Crippen molar-refractivity contribution in [3.05, 3.63) is 72.6 Å². The largest absolute Gasteiger partial charge is 0.493 e. The number of H-pyrrole nitrogens is 1. The van der Waals surface area contributed by atoms with Crippen molar-refractivity contribution in [2.24, 2.45) is 0 Å². The Balaban J connectivity index is 1.55. The summed E-state index contributed by atoms with van der Waals surface area (Å²) in [4.78, 5) is 20.3. The summed E-state index contributed by atoms with van der Waals surface area (Å²) in [7, 11) is 3.14. The van der Waals surface area contributed by atoms with E-state index in [1.807, 2.05) is 42.7 Å². The molecule has 0 unspecified atom stereocenters. The molecular weight excluding hydrogens is 366 g/mol. The third-order valence-electron chi connectivity index (χ3n) is 4.74. The van der Waals surface area contributed by atoms with E-state index in [-0.39, 0.29) is 12.3 Å². The SMILES string of the molecule is COc1ccc(NC(=O)Cc2c[nH]c3ncc(-c4ccccc4)cc23)cc1OC. The number of rotatable bonds is 6. The van der Waals surface area contributed by atoms with Crippen LogP contribution in [0.5, 0.6) is 11.5 Å². The lowest BCUT2D eigenvalue weighted by molar-refractivity contribution is -0.115. The summed E-state index contributed by atoms with van der Waals surface area (Å²) >= 11 is 0. The zero-order valence-electron chi connectivity index (χ0n) is 16.2. The highest BCUT2D eigenvalue weighted by atomic mass is 16.5. The minimum atomic E-state index is -0.122. The van der Waals surface area contributed by atoms with Gasteiger partial charge in [-0.25, -0.2) is 4.98 Å². The van der Waals surface area contributed by atoms with E-state index in [1.54, 1.807) is 32.4 Å². The minimum absolute atomic E-state index is 0.122. The molecule has 0 aliphatic rings. The highest BCUT2D eigenvalue weighted by Gasteiger charge is 2.12. The van der Waals surface area contributed by atoms with Crippen molar-refractivity contribution >= 4 is 22.6 Å². The molecule has 0 saturated carbocycles. The zero-order chi connectivity index (χ0) is 20.2. The molecule has 4 aromatic rings. The van der Waals surface area contributed by atoms with Crippen LogP contribution in [0.15, 0.2) is 67.0 Å². The molecule has 2 heterocycles. The van der Waals surface area contributed by atoms with Crippen molar-refractivity contribution in [3.63, 3.8) is 0 Å². The molecule has 29 heavy (non-hydrogen) atoms. The number of amides is 1. The monoisotopic (exact) mass is 387 g/mol. The van der Waals surface area contributed by atoms with Gasteiger partial charge in [0.1, 0.15) is 5.65 Å². The molecule has 6 heteroatoms. The first-order chi connectivity index (χ1) is 14.2.